The van der Waals surface area contributed by atoms with Crippen LogP contribution in [0.25, 0.3) is 0 Å². The fourth-order valence-electron chi connectivity index (χ4n) is 3.53. The predicted molar refractivity (Wildman–Crippen MR) is 127 cm³/mol. The van der Waals surface area contributed by atoms with E-state index in [2.05, 4.69) is 15.6 Å². The quantitative estimate of drug-likeness (QED) is 0.140. The summed E-state index contributed by atoms with van der Waals surface area (Å²) in [6.07, 6.45) is 2.96. The third-order valence-electron chi connectivity index (χ3n) is 5.33. The van der Waals surface area contributed by atoms with Crippen LogP contribution in [0.5, 0.6) is 11.5 Å². The Morgan fingerprint density at radius 1 is 1.15 bits per heavy atom. The van der Waals surface area contributed by atoms with Crippen LogP contribution < -0.4 is 31.6 Å². The van der Waals surface area contributed by atoms with E-state index in [1.54, 1.807) is 0 Å². The number of hydrogen-bond donors (Lipinski definition) is 4. The number of carbonyl (C=O) groups excluding carboxylic acids is 3. The zero-order valence-corrected chi connectivity index (χ0v) is 19.9. The summed E-state index contributed by atoms with van der Waals surface area (Å²) >= 11 is 0. The van der Waals surface area contributed by atoms with Gasteiger partial charge in [0.1, 0.15) is 17.2 Å². The van der Waals surface area contributed by atoms with Gasteiger partial charge in [0.2, 0.25) is 11.8 Å². The average molecular weight is 479 g/mol. The minimum Gasteiger partial charge on any atom is -0.494 e. The molecule has 1 aliphatic rings. The number of hydrogen-bond acceptors (Lipinski definition) is 8. The molecule has 6 N–H and O–H groups in total. The predicted octanol–water partition coefficient (Wildman–Crippen LogP) is 0.0631. The summed E-state index contributed by atoms with van der Waals surface area (Å²) in [5, 5.41) is 5.33. The van der Waals surface area contributed by atoms with Gasteiger partial charge in [-0.1, -0.05) is 0 Å². The molecule has 0 aliphatic carbocycles. The fraction of sp³-hybridized carbons (Fsp3) is 0.545. The van der Waals surface area contributed by atoms with Gasteiger partial charge in [0.25, 0.3) is 0 Å². The molecule has 2 amide bonds. The Morgan fingerprint density at radius 3 is 2.38 bits per heavy atom. The van der Waals surface area contributed by atoms with Gasteiger partial charge in [-0.3, -0.25) is 19.5 Å². The molecule has 2 rings (SSSR count). The minimum atomic E-state index is -0.565. The molecule has 0 bridgehead atoms. The molecule has 1 atom stereocenters. The van der Waals surface area contributed by atoms with E-state index in [9.17, 15) is 14.4 Å². The van der Waals surface area contributed by atoms with Crippen molar-refractivity contribution in [1.82, 2.24) is 10.2 Å². The lowest BCUT2D eigenvalue weighted by Crippen LogP contribution is -2.44. The van der Waals surface area contributed by atoms with Gasteiger partial charge in [-0.25, -0.2) is 4.79 Å². The number of amides is 2. The molecule has 0 spiro atoms. The molecule has 0 unspecified atom stereocenters. The van der Waals surface area contributed by atoms with Crippen molar-refractivity contribution in [2.45, 2.75) is 31.7 Å². The van der Waals surface area contributed by atoms with Crippen LogP contribution in [0.3, 0.4) is 0 Å². The fourth-order valence-corrected chi connectivity index (χ4v) is 3.53. The lowest BCUT2D eigenvalue weighted by atomic mass is 10.1. The van der Waals surface area contributed by atoms with Crippen molar-refractivity contribution >= 4 is 29.4 Å². The number of aliphatic imine (C=N–C) groups is 1. The summed E-state index contributed by atoms with van der Waals surface area (Å²) in [5.74, 6) is -0.757. The molecule has 1 heterocycles. The van der Waals surface area contributed by atoms with E-state index in [1.807, 2.05) is 11.9 Å². The van der Waals surface area contributed by atoms with E-state index in [4.69, 9.17) is 25.7 Å². The van der Waals surface area contributed by atoms with Crippen LogP contribution in [0, 0.1) is 0 Å². The molecule has 188 valence electrons. The number of unbranched alkanes of at least 4 members (excludes halogenated alkanes) is 1. The SMILES string of the molecule is COc1cc(C(=O)OCCCCN=C(N)N)cc(OC)c1NC(=O)CNC(=O)[C@@H]1CCCN1C. The molecule has 0 saturated carbocycles. The maximum atomic E-state index is 12.5. The van der Waals surface area contributed by atoms with E-state index in [1.165, 1.54) is 26.4 Å². The van der Waals surface area contributed by atoms with Crippen molar-refractivity contribution in [2.75, 3.05) is 52.8 Å². The number of nitrogens with two attached hydrogens (primary N) is 2. The smallest absolute Gasteiger partial charge is 0.338 e. The topological polar surface area (TPSA) is 171 Å². The van der Waals surface area contributed by atoms with Gasteiger partial charge in [0.05, 0.1) is 39.0 Å². The number of likely N-dealkylation sites (N-methyl/N-ethyl adjacent to an activating group) is 1. The lowest BCUT2D eigenvalue weighted by Gasteiger charge is -2.19. The Balaban J connectivity index is 1.96. The van der Waals surface area contributed by atoms with Crippen LogP contribution >= 0.6 is 0 Å². The first-order valence-corrected chi connectivity index (χ1v) is 11.0. The van der Waals surface area contributed by atoms with Crippen LogP contribution in [0.2, 0.25) is 0 Å². The minimum absolute atomic E-state index is 0.0205. The van der Waals surface area contributed by atoms with Crippen LogP contribution in [0.15, 0.2) is 17.1 Å². The number of nitrogens with one attached hydrogen (secondary N) is 2. The molecule has 1 aliphatic heterocycles. The first kappa shape index (κ1) is 26.7. The van der Waals surface area contributed by atoms with Gasteiger partial charge in [0.15, 0.2) is 5.96 Å². The highest BCUT2D eigenvalue weighted by Crippen LogP contribution is 2.36. The number of benzene rings is 1. The monoisotopic (exact) mass is 478 g/mol. The van der Waals surface area contributed by atoms with Crippen molar-refractivity contribution < 1.29 is 28.6 Å². The van der Waals surface area contributed by atoms with Crippen LogP contribution in [-0.4, -0.2) is 82.2 Å². The molecule has 12 heteroatoms. The highest BCUT2D eigenvalue weighted by atomic mass is 16.5. The maximum Gasteiger partial charge on any atom is 0.338 e. The molecule has 0 aromatic heterocycles. The lowest BCUT2D eigenvalue weighted by molar-refractivity contribution is -0.127. The number of nitrogens with zero attached hydrogens (tertiary/aromatic N) is 2. The molecule has 34 heavy (non-hydrogen) atoms. The van der Waals surface area contributed by atoms with Gasteiger partial charge in [-0.05, 0) is 51.4 Å². The molecule has 1 saturated heterocycles. The molecule has 1 aromatic carbocycles. The second kappa shape index (κ2) is 13.2. The summed E-state index contributed by atoms with van der Waals surface area (Å²) in [5.41, 5.74) is 11.0. The first-order chi connectivity index (χ1) is 16.3. The van der Waals surface area contributed by atoms with E-state index in [0.717, 1.165) is 19.4 Å². The Labute approximate surface area is 199 Å². The van der Waals surface area contributed by atoms with Gasteiger partial charge in [0, 0.05) is 6.54 Å². The van der Waals surface area contributed by atoms with Crippen LogP contribution in [0.4, 0.5) is 5.69 Å². The highest BCUT2D eigenvalue weighted by molar-refractivity contribution is 5.99. The average Bonchev–Trinajstić information content (AvgIpc) is 3.25. The standard InChI is InChI=1S/C22H34N6O6/c1-28-9-6-7-15(28)20(30)26-13-18(29)27-19-16(32-2)11-14(12-17(19)33-3)21(31)34-10-5-4-8-25-22(23)24/h11-12,15H,4-10,13H2,1-3H3,(H,26,30)(H,27,29)(H4,23,24,25)/t15-/m0/s1. The summed E-state index contributed by atoms with van der Waals surface area (Å²) in [4.78, 5) is 43.0. The van der Waals surface area contributed by atoms with E-state index >= 15 is 0 Å². The third-order valence-corrected chi connectivity index (χ3v) is 5.33. The largest absolute Gasteiger partial charge is 0.494 e. The molecule has 1 aromatic rings. The first-order valence-electron chi connectivity index (χ1n) is 11.0. The normalized spacial score (nSPS) is 15.3. The Bertz CT molecular complexity index is 877. The van der Waals surface area contributed by atoms with Crippen molar-refractivity contribution in [3.8, 4) is 11.5 Å². The molecular formula is C22H34N6O6. The second-order valence-corrected chi connectivity index (χ2v) is 7.81. The number of rotatable bonds is 12. The highest BCUT2D eigenvalue weighted by Gasteiger charge is 2.28. The Hall–Kier alpha value is -3.54. The van der Waals surface area contributed by atoms with Crippen molar-refractivity contribution in [1.29, 1.82) is 0 Å². The third kappa shape index (κ3) is 7.80. The zero-order chi connectivity index (χ0) is 25.1. The number of esters is 1. The van der Waals surface area contributed by atoms with Gasteiger partial charge in [-0.2, -0.15) is 0 Å². The molecule has 12 nitrogen and oxygen atoms in total. The van der Waals surface area contributed by atoms with E-state index < -0.39 is 11.9 Å². The Morgan fingerprint density at radius 2 is 1.82 bits per heavy atom. The van der Waals surface area contributed by atoms with Crippen molar-refractivity contribution in [2.24, 2.45) is 16.5 Å². The molecule has 0 radical (unpaired) electrons. The van der Waals surface area contributed by atoms with Crippen LogP contribution in [0.1, 0.15) is 36.0 Å². The van der Waals surface area contributed by atoms with Gasteiger partial charge < -0.3 is 36.3 Å². The van der Waals surface area contributed by atoms with Gasteiger partial charge >= 0.3 is 5.97 Å². The number of carbonyl (C=O) groups is 3. The summed E-state index contributed by atoms with van der Waals surface area (Å²) in [7, 11) is 4.69. The Kier molecular flexibility index (Phi) is 10.4. The summed E-state index contributed by atoms with van der Waals surface area (Å²) < 4.78 is 16.0. The zero-order valence-electron chi connectivity index (χ0n) is 19.9. The van der Waals surface area contributed by atoms with Crippen LogP contribution in [-0.2, 0) is 14.3 Å². The second-order valence-electron chi connectivity index (χ2n) is 7.81. The summed E-state index contributed by atoms with van der Waals surface area (Å²) in [6, 6.07) is 2.67. The number of ether oxygens (including phenoxy) is 3. The summed E-state index contributed by atoms with van der Waals surface area (Å²) in [6.45, 7) is 1.29. The van der Waals surface area contributed by atoms with E-state index in [-0.39, 0.29) is 53.8 Å². The van der Waals surface area contributed by atoms with Gasteiger partial charge in [-0.15, -0.1) is 0 Å². The number of guanidine groups is 1. The molecule has 1 fully saturated rings. The van der Waals surface area contributed by atoms with Crippen molar-refractivity contribution in [3.63, 3.8) is 0 Å². The number of likely N-dealkylation sites (tertiary alicyclic amines) is 1. The number of anilines is 1. The van der Waals surface area contributed by atoms with E-state index in [0.29, 0.717) is 19.4 Å². The van der Waals surface area contributed by atoms with Crippen molar-refractivity contribution in [3.05, 3.63) is 17.7 Å². The number of methoxy groups -OCH3 is 2. The molecular weight excluding hydrogens is 444 g/mol. The maximum absolute atomic E-state index is 12.5.